The Morgan fingerprint density at radius 1 is 1.67 bits per heavy atom. The Hall–Kier alpha value is -0.260. The molecule has 0 fully saturated rings. The Balaban J connectivity index is 2.57. The number of anilines is 1. The second-order valence-corrected chi connectivity index (χ2v) is 4.40. The van der Waals surface area contributed by atoms with Crippen molar-refractivity contribution < 1.29 is 0 Å². The maximum Gasteiger partial charge on any atom is 0.125 e. The monoisotopic (exact) mass is 279 g/mol. The smallest absolute Gasteiger partial charge is 0.125 e. The average Bonchev–Trinajstić information content (AvgIpc) is 2.26. The molecular formula is C8H14IN3. The van der Waals surface area contributed by atoms with E-state index in [1.165, 1.54) is 0 Å². The van der Waals surface area contributed by atoms with Gasteiger partial charge in [0.05, 0.1) is 0 Å². The highest BCUT2D eigenvalue weighted by molar-refractivity contribution is 14.1. The molecule has 0 bridgehead atoms. The van der Waals surface area contributed by atoms with E-state index in [2.05, 4.69) is 41.5 Å². The molecule has 1 aromatic rings. The zero-order valence-electron chi connectivity index (χ0n) is 7.42. The minimum Gasteiger partial charge on any atom is -0.384 e. The average molecular weight is 279 g/mol. The highest BCUT2D eigenvalue weighted by Gasteiger charge is 2.02. The predicted octanol–water partition coefficient (Wildman–Crippen LogP) is 2.12. The standard InChI is InChI=1S/C8H14IN3/c1-6(2)3-4-12-8(10)5-7(9)11-12/h5-6H,3-4,10H2,1-2H3. The molecule has 0 saturated carbocycles. The molecule has 68 valence electrons. The van der Waals surface area contributed by atoms with Crippen molar-refractivity contribution >= 4 is 28.4 Å². The summed E-state index contributed by atoms with van der Waals surface area (Å²) in [6.07, 6.45) is 1.13. The van der Waals surface area contributed by atoms with Crippen molar-refractivity contribution in [1.29, 1.82) is 0 Å². The number of hydrogen-bond donors (Lipinski definition) is 1. The number of nitrogen functional groups attached to an aromatic ring is 1. The molecule has 0 atom stereocenters. The van der Waals surface area contributed by atoms with Crippen LogP contribution < -0.4 is 5.73 Å². The quantitative estimate of drug-likeness (QED) is 0.861. The van der Waals surface area contributed by atoms with Crippen molar-refractivity contribution in [3.8, 4) is 0 Å². The maximum atomic E-state index is 5.72. The van der Waals surface area contributed by atoms with Gasteiger partial charge in [0.1, 0.15) is 9.52 Å². The van der Waals surface area contributed by atoms with Gasteiger partial charge in [0, 0.05) is 12.6 Å². The Bertz CT molecular complexity index is 255. The largest absolute Gasteiger partial charge is 0.384 e. The molecule has 0 aliphatic heterocycles. The summed E-state index contributed by atoms with van der Waals surface area (Å²) in [5.41, 5.74) is 5.72. The van der Waals surface area contributed by atoms with Crippen LogP contribution >= 0.6 is 22.6 Å². The van der Waals surface area contributed by atoms with Crippen molar-refractivity contribution in [1.82, 2.24) is 9.78 Å². The molecule has 0 saturated heterocycles. The van der Waals surface area contributed by atoms with E-state index in [9.17, 15) is 0 Å². The summed E-state index contributed by atoms with van der Waals surface area (Å²) in [5.74, 6) is 1.46. The lowest BCUT2D eigenvalue weighted by Crippen LogP contribution is -2.06. The number of nitrogens with zero attached hydrogens (tertiary/aromatic N) is 2. The van der Waals surface area contributed by atoms with Gasteiger partial charge in [0.2, 0.25) is 0 Å². The van der Waals surface area contributed by atoms with Gasteiger partial charge < -0.3 is 5.73 Å². The molecule has 0 unspecified atom stereocenters. The summed E-state index contributed by atoms with van der Waals surface area (Å²) in [5, 5.41) is 4.26. The van der Waals surface area contributed by atoms with Gasteiger partial charge in [-0.15, -0.1) is 0 Å². The fourth-order valence-corrected chi connectivity index (χ4v) is 1.54. The van der Waals surface area contributed by atoms with E-state index in [-0.39, 0.29) is 0 Å². The molecule has 0 amide bonds. The van der Waals surface area contributed by atoms with Gasteiger partial charge in [-0.3, -0.25) is 0 Å². The van der Waals surface area contributed by atoms with Crippen LogP contribution in [0.15, 0.2) is 6.07 Å². The van der Waals surface area contributed by atoms with Crippen molar-refractivity contribution in [2.45, 2.75) is 26.8 Å². The van der Waals surface area contributed by atoms with E-state index < -0.39 is 0 Å². The summed E-state index contributed by atoms with van der Waals surface area (Å²) in [7, 11) is 0. The van der Waals surface area contributed by atoms with Crippen LogP contribution in [0.1, 0.15) is 20.3 Å². The maximum absolute atomic E-state index is 5.72. The minimum atomic E-state index is 0.700. The van der Waals surface area contributed by atoms with Crippen LogP contribution in [-0.2, 0) is 6.54 Å². The van der Waals surface area contributed by atoms with E-state index >= 15 is 0 Å². The molecule has 3 nitrogen and oxygen atoms in total. The number of halogens is 1. The summed E-state index contributed by atoms with van der Waals surface area (Å²) in [6.45, 7) is 5.32. The zero-order valence-corrected chi connectivity index (χ0v) is 9.58. The number of hydrogen-bond acceptors (Lipinski definition) is 2. The molecule has 1 rings (SSSR count). The van der Waals surface area contributed by atoms with Crippen molar-refractivity contribution in [2.75, 3.05) is 5.73 Å². The molecule has 0 spiro atoms. The van der Waals surface area contributed by atoms with Gasteiger partial charge in [-0.1, -0.05) is 13.8 Å². The second-order valence-electron chi connectivity index (χ2n) is 3.30. The lowest BCUT2D eigenvalue weighted by Gasteiger charge is -2.05. The number of aryl methyl sites for hydroxylation is 1. The Labute approximate surface area is 86.5 Å². The van der Waals surface area contributed by atoms with Crippen molar-refractivity contribution in [3.63, 3.8) is 0 Å². The molecule has 1 heterocycles. The molecule has 0 aliphatic carbocycles. The van der Waals surface area contributed by atoms with Crippen LogP contribution in [0, 0.1) is 9.62 Å². The first kappa shape index (κ1) is 9.83. The summed E-state index contributed by atoms with van der Waals surface area (Å²) in [6, 6.07) is 1.89. The minimum absolute atomic E-state index is 0.700. The van der Waals surface area contributed by atoms with E-state index in [1.807, 2.05) is 10.7 Å². The summed E-state index contributed by atoms with van der Waals surface area (Å²) >= 11 is 2.17. The fourth-order valence-electron chi connectivity index (χ4n) is 0.958. The first-order valence-corrected chi connectivity index (χ1v) is 5.16. The van der Waals surface area contributed by atoms with Crippen molar-refractivity contribution in [3.05, 3.63) is 9.77 Å². The Morgan fingerprint density at radius 3 is 2.75 bits per heavy atom. The topological polar surface area (TPSA) is 43.8 Å². The number of aromatic nitrogens is 2. The zero-order chi connectivity index (χ0) is 9.14. The highest BCUT2D eigenvalue weighted by atomic mass is 127. The van der Waals surface area contributed by atoms with Crippen LogP contribution in [0.5, 0.6) is 0 Å². The third-order valence-electron chi connectivity index (χ3n) is 1.70. The molecule has 12 heavy (non-hydrogen) atoms. The summed E-state index contributed by atoms with van der Waals surface area (Å²) in [4.78, 5) is 0. The molecule has 0 aliphatic rings. The molecule has 0 radical (unpaired) electrons. The first-order valence-electron chi connectivity index (χ1n) is 4.08. The lowest BCUT2D eigenvalue weighted by atomic mass is 10.1. The Kier molecular flexibility index (Phi) is 3.37. The van der Waals surface area contributed by atoms with Gasteiger partial charge in [0.15, 0.2) is 0 Å². The predicted molar refractivity (Wildman–Crippen MR) is 58.8 cm³/mol. The second kappa shape index (κ2) is 4.11. The fraction of sp³-hybridized carbons (Fsp3) is 0.625. The molecule has 1 aromatic heterocycles. The Morgan fingerprint density at radius 2 is 2.33 bits per heavy atom. The van der Waals surface area contributed by atoms with Crippen molar-refractivity contribution in [2.24, 2.45) is 5.92 Å². The third-order valence-corrected chi connectivity index (χ3v) is 2.23. The highest BCUT2D eigenvalue weighted by Crippen LogP contribution is 2.10. The normalized spacial score (nSPS) is 11.0. The first-order chi connectivity index (χ1) is 5.59. The van der Waals surface area contributed by atoms with Crippen LogP contribution in [-0.4, -0.2) is 9.78 Å². The SMILES string of the molecule is CC(C)CCn1nc(I)cc1N. The molecular weight excluding hydrogens is 265 g/mol. The summed E-state index contributed by atoms with van der Waals surface area (Å²) < 4.78 is 2.83. The van der Waals surface area contributed by atoms with Gasteiger partial charge in [-0.05, 0) is 34.9 Å². The van der Waals surface area contributed by atoms with E-state index in [1.54, 1.807) is 0 Å². The molecule has 2 N–H and O–H groups in total. The van der Waals surface area contributed by atoms with E-state index in [0.717, 1.165) is 22.5 Å². The van der Waals surface area contributed by atoms with Gasteiger partial charge >= 0.3 is 0 Å². The van der Waals surface area contributed by atoms with Gasteiger partial charge in [-0.25, -0.2) is 4.68 Å². The molecule has 0 aromatic carbocycles. The van der Waals surface area contributed by atoms with Gasteiger partial charge in [0.25, 0.3) is 0 Å². The van der Waals surface area contributed by atoms with Crippen LogP contribution in [0.2, 0.25) is 0 Å². The van der Waals surface area contributed by atoms with E-state index in [4.69, 9.17) is 5.73 Å². The van der Waals surface area contributed by atoms with Crippen LogP contribution in [0.3, 0.4) is 0 Å². The van der Waals surface area contributed by atoms with Crippen LogP contribution in [0.4, 0.5) is 5.82 Å². The third kappa shape index (κ3) is 2.66. The van der Waals surface area contributed by atoms with Gasteiger partial charge in [-0.2, -0.15) is 5.10 Å². The molecule has 4 heteroatoms. The van der Waals surface area contributed by atoms with E-state index in [0.29, 0.717) is 5.92 Å². The number of nitrogens with two attached hydrogens (primary N) is 1. The van der Waals surface area contributed by atoms with Crippen LogP contribution in [0.25, 0.3) is 0 Å². The lowest BCUT2D eigenvalue weighted by molar-refractivity contribution is 0.490. The number of rotatable bonds is 3.